The van der Waals surface area contributed by atoms with Crippen molar-refractivity contribution in [2.75, 3.05) is 18.1 Å². The third kappa shape index (κ3) is 3.54. The maximum atomic E-state index is 4.40. The van der Waals surface area contributed by atoms with Crippen molar-refractivity contribution in [3.05, 3.63) is 17.0 Å². The van der Waals surface area contributed by atoms with Crippen LogP contribution in [0.25, 0.3) is 0 Å². The molecule has 0 fully saturated rings. The molecule has 1 aromatic rings. The van der Waals surface area contributed by atoms with Crippen LogP contribution in [-0.2, 0) is 13.6 Å². The van der Waals surface area contributed by atoms with Crippen molar-refractivity contribution >= 4 is 11.8 Å². The summed E-state index contributed by atoms with van der Waals surface area (Å²) in [4.78, 5) is 0. The minimum atomic E-state index is 0.940. The van der Waals surface area contributed by atoms with Gasteiger partial charge in [-0.25, -0.2) is 0 Å². The summed E-state index contributed by atoms with van der Waals surface area (Å²) in [5, 5.41) is 7.85. The van der Waals surface area contributed by atoms with Crippen molar-refractivity contribution in [1.29, 1.82) is 0 Å². The Bertz CT molecular complexity index is 307. The van der Waals surface area contributed by atoms with Gasteiger partial charge in [0.1, 0.15) is 0 Å². The molecular weight excluding hydrogens is 206 g/mol. The lowest BCUT2D eigenvalue weighted by molar-refractivity contribution is 0.713. The van der Waals surface area contributed by atoms with E-state index in [4.69, 9.17) is 0 Å². The minimum Gasteiger partial charge on any atom is -0.312 e. The number of thioether (sulfide) groups is 1. The Morgan fingerprint density at radius 2 is 2.13 bits per heavy atom. The molecule has 0 unspecified atom stereocenters. The molecule has 0 atom stereocenters. The second kappa shape index (κ2) is 6.18. The average Bonchev–Trinajstić information content (AvgIpc) is 2.44. The highest BCUT2D eigenvalue weighted by molar-refractivity contribution is 7.99. The van der Waals surface area contributed by atoms with Crippen molar-refractivity contribution in [3.63, 3.8) is 0 Å². The standard InChI is InChI=1S/C11H21N3S/c1-5-15-7-6-12-8-11-9(2)13-14(4)10(11)3/h12H,5-8H2,1-4H3. The molecule has 0 aliphatic heterocycles. The summed E-state index contributed by atoms with van der Waals surface area (Å²) >= 11 is 1.97. The van der Waals surface area contributed by atoms with Gasteiger partial charge in [0.2, 0.25) is 0 Å². The lowest BCUT2D eigenvalue weighted by Gasteiger charge is -2.04. The van der Waals surface area contributed by atoms with Gasteiger partial charge in [-0.2, -0.15) is 16.9 Å². The van der Waals surface area contributed by atoms with Crippen LogP contribution in [0.4, 0.5) is 0 Å². The molecule has 0 saturated heterocycles. The molecule has 0 aromatic carbocycles. The van der Waals surface area contributed by atoms with E-state index >= 15 is 0 Å². The van der Waals surface area contributed by atoms with E-state index < -0.39 is 0 Å². The molecule has 0 amide bonds. The van der Waals surface area contributed by atoms with Crippen LogP contribution in [0.2, 0.25) is 0 Å². The van der Waals surface area contributed by atoms with Gasteiger partial charge in [0.25, 0.3) is 0 Å². The second-order valence-corrected chi connectivity index (χ2v) is 5.04. The Balaban J connectivity index is 2.37. The third-order valence-corrected chi connectivity index (χ3v) is 3.49. The van der Waals surface area contributed by atoms with Crippen LogP contribution in [0.15, 0.2) is 0 Å². The molecular formula is C11H21N3S. The predicted molar refractivity (Wildman–Crippen MR) is 67.4 cm³/mol. The number of nitrogens with zero attached hydrogens (tertiary/aromatic N) is 2. The van der Waals surface area contributed by atoms with Crippen molar-refractivity contribution in [2.45, 2.75) is 27.3 Å². The number of rotatable bonds is 6. The first-order valence-corrected chi connectivity index (χ1v) is 6.59. The van der Waals surface area contributed by atoms with E-state index in [9.17, 15) is 0 Å². The Kier molecular flexibility index (Phi) is 5.19. The van der Waals surface area contributed by atoms with Gasteiger partial charge in [0, 0.05) is 37.1 Å². The zero-order valence-electron chi connectivity index (χ0n) is 10.1. The number of hydrogen-bond donors (Lipinski definition) is 1. The van der Waals surface area contributed by atoms with Crippen LogP contribution in [0, 0.1) is 13.8 Å². The fourth-order valence-electron chi connectivity index (χ4n) is 1.58. The first-order valence-electron chi connectivity index (χ1n) is 5.44. The first kappa shape index (κ1) is 12.6. The van der Waals surface area contributed by atoms with Crippen molar-refractivity contribution in [2.24, 2.45) is 7.05 Å². The molecule has 1 N–H and O–H groups in total. The van der Waals surface area contributed by atoms with Crippen LogP contribution in [0.5, 0.6) is 0 Å². The normalized spacial score (nSPS) is 10.9. The summed E-state index contributed by atoms with van der Waals surface area (Å²) in [6.45, 7) is 8.41. The molecule has 1 heterocycles. The molecule has 0 saturated carbocycles. The number of nitrogens with one attached hydrogen (secondary N) is 1. The molecule has 0 aliphatic carbocycles. The summed E-state index contributed by atoms with van der Waals surface area (Å²) in [6.07, 6.45) is 0. The third-order valence-electron chi connectivity index (χ3n) is 2.59. The smallest absolute Gasteiger partial charge is 0.0641 e. The molecule has 15 heavy (non-hydrogen) atoms. The SMILES string of the molecule is CCSCCNCc1c(C)nn(C)c1C. The van der Waals surface area contributed by atoms with Gasteiger partial charge in [-0.3, -0.25) is 4.68 Å². The van der Waals surface area contributed by atoms with E-state index in [1.807, 2.05) is 23.5 Å². The van der Waals surface area contributed by atoms with E-state index in [0.717, 1.165) is 18.8 Å². The summed E-state index contributed by atoms with van der Waals surface area (Å²) in [5.41, 5.74) is 3.76. The van der Waals surface area contributed by atoms with E-state index in [0.29, 0.717) is 0 Å². The zero-order chi connectivity index (χ0) is 11.3. The molecule has 0 spiro atoms. The molecule has 1 aromatic heterocycles. The predicted octanol–water partition coefficient (Wildman–Crippen LogP) is 1.88. The van der Waals surface area contributed by atoms with Crippen molar-refractivity contribution < 1.29 is 0 Å². The largest absolute Gasteiger partial charge is 0.312 e. The van der Waals surface area contributed by atoms with E-state index in [-0.39, 0.29) is 0 Å². The maximum absolute atomic E-state index is 4.40. The van der Waals surface area contributed by atoms with E-state index in [2.05, 4.69) is 31.2 Å². The lowest BCUT2D eigenvalue weighted by atomic mass is 10.2. The fourth-order valence-corrected chi connectivity index (χ4v) is 2.15. The van der Waals surface area contributed by atoms with Gasteiger partial charge in [-0.05, 0) is 19.6 Å². The Morgan fingerprint density at radius 1 is 1.40 bits per heavy atom. The fraction of sp³-hybridized carbons (Fsp3) is 0.727. The number of hydrogen-bond acceptors (Lipinski definition) is 3. The van der Waals surface area contributed by atoms with Gasteiger partial charge in [-0.15, -0.1) is 0 Å². The number of aryl methyl sites for hydroxylation is 2. The van der Waals surface area contributed by atoms with Crippen LogP contribution in [0.3, 0.4) is 0 Å². The molecule has 86 valence electrons. The Morgan fingerprint density at radius 3 is 2.67 bits per heavy atom. The van der Waals surface area contributed by atoms with Crippen molar-refractivity contribution in [3.8, 4) is 0 Å². The molecule has 4 heteroatoms. The van der Waals surface area contributed by atoms with Crippen LogP contribution >= 0.6 is 11.8 Å². The topological polar surface area (TPSA) is 29.9 Å². The van der Waals surface area contributed by atoms with Gasteiger partial charge < -0.3 is 5.32 Å². The first-order chi connectivity index (χ1) is 7.16. The zero-order valence-corrected chi connectivity index (χ0v) is 10.9. The summed E-state index contributed by atoms with van der Waals surface area (Å²) in [7, 11) is 2.00. The Hall–Kier alpha value is -0.480. The Labute approximate surface area is 96.6 Å². The van der Waals surface area contributed by atoms with Crippen LogP contribution in [0.1, 0.15) is 23.9 Å². The van der Waals surface area contributed by atoms with Gasteiger partial charge in [-0.1, -0.05) is 6.92 Å². The summed E-state index contributed by atoms with van der Waals surface area (Å²) < 4.78 is 1.95. The highest BCUT2D eigenvalue weighted by Gasteiger charge is 2.07. The van der Waals surface area contributed by atoms with E-state index in [1.165, 1.54) is 22.8 Å². The van der Waals surface area contributed by atoms with Crippen LogP contribution in [-0.4, -0.2) is 27.8 Å². The monoisotopic (exact) mass is 227 g/mol. The quantitative estimate of drug-likeness (QED) is 0.753. The van der Waals surface area contributed by atoms with Gasteiger partial charge in [0.05, 0.1) is 5.69 Å². The molecule has 1 rings (SSSR count). The lowest BCUT2D eigenvalue weighted by Crippen LogP contribution is -2.17. The van der Waals surface area contributed by atoms with Gasteiger partial charge >= 0.3 is 0 Å². The molecule has 3 nitrogen and oxygen atoms in total. The van der Waals surface area contributed by atoms with Crippen molar-refractivity contribution in [1.82, 2.24) is 15.1 Å². The molecule has 0 bridgehead atoms. The maximum Gasteiger partial charge on any atom is 0.0641 e. The molecule has 0 aliphatic rings. The number of aromatic nitrogens is 2. The second-order valence-electron chi connectivity index (χ2n) is 3.65. The highest BCUT2D eigenvalue weighted by Crippen LogP contribution is 2.11. The van der Waals surface area contributed by atoms with Gasteiger partial charge in [0.15, 0.2) is 0 Å². The van der Waals surface area contributed by atoms with E-state index in [1.54, 1.807) is 0 Å². The van der Waals surface area contributed by atoms with Crippen LogP contribution < -0.4 is 5.32 Å². The summed E-state index contributed by atoms with van der Waals surface area (Å²) in [5.74, 6) is 2.39. The average molecular weight is 227 g/mol. The molecule has 0 radical (unpaired) electrons. The minimum absolute atomic E-state index is 0.940. The summed E-state index contributed by atoms with van der Waals surface area (Å²) in [6, 6.07) is 0. The highest BCUT2D eigenvalue weighted by atomic mass is 32.2.